The number of ketones is 1. The van der Waals surface area contributed by atoms with Gasteiger partial charge < -0.3 is 0 Å². The van der Waals surface area contributed by atoms with Crippen LogP contribution in [0, 0.1) is 5.82 Å². The fraction of sp³-hybridized carbons (Fsp3) is 0. The summed E-state index contributed by atoms with van der Waals surface area (Å²) in [5.74, 6) is -0.385. The molecule has 0 fully saturated rings. The fourth-order valence-electron chi connectivity index (χ4n) is 1.30. The van der Waals surface area contributed by atoms with Crippen molar-refractivity contribution in [2.24, 2.45) is 0 Å². The van der Waals surface area contributed by atoms with Gasteiger partial charge >= 0.3 is 0 Å². The molecule has 1 aliphatic carbocycles. The molecule has 0 aromatic heterocycles. The van der Waals surface area contributed by atoms with E-state index in [1.807, 2.05) is 0 Å². The fourth-order valence-corrected chi connectivity index (χ4v) is 1.30. The van der Waals surface area contributed by atoms with Crippen molar-refractivity contribution in [3.8, 4) is 0 Å². The van der Waals surface area contributed by atoms with Crippen molar-refractivity contribution in [3.05, 3.63) is 53.9 Å². The lowest BCUT2D eigenvalue weighted by molar-refractivity contribution is -0.109. The average molecular weight is 174 g/mol. The van der Waals surface area contributed by atoms with Gasteiger partial charge in [0.05, 0.1) is 0 Å². The molecule has 64 valence electrons. The first kappa shape index (κ1) is 7.92. The second-order valence-electron chi connectivity index (χ2n) is 2.81. The molecule has 0 heterocycles. The Balaban J connectivity index is 2.42. The van der Waals surface area contributed by atoms with E-state index in [4.69, 9.17) is 0 Å². The maximum absolute atomic E-state index is 12.8. The zero-order chi connectivity index (χ0) is 9.26. The predicted octanol–water partition coefficient (Wildman–Crippen LogP) is 2.35. The zero-order valence-corrected chi connectivity index (χ0v) is 6.83. The molecule has 0 aliphatic heterocycles. The molecule has 0 amide bonds. The molecular weight excluding hydrogens is 167 g/mol. The lowest BCUT2D eigenvalue weighted by Gasteiger charge is -1.99. The predicted molar refractivity (Wildman–Crippen MR) is 48.5 cm³/mol. The van der Waals surface area contributed by atoms with Crippen molar-refractivity contribution in [1.29, 1.82) is 0 Å². The molecule has 2 rings (SSSR count). The molecule has 0 atom stereocenters. The van der Waals surface area contributed by atoms with Crippen LogP contribution in [0.25, 0.3) is 5.57 Å². The average Bonchev–Trinajstić information content (AvgIpc) is 2.51. The summed E-state index contributed by atoms with van der Waals surface area (Å²) >= 11 is 0. The van der Waals surface area contributed by atoms with E-state index in [0.717, 1.165) is 0 Å². The molecule has 0 radical (unpaired) electrons. The summed E-state index contributed by atoms with van der Waals surface area (Å²) in [7, 11) is 0. The first-order valence-electron chi connectivity index (χ1n) is 3.96. The third-order valence-electron chi connectivity index (χ3n) is 1.91. The highest BCUT2D eigenvalue weighted by atomic mass is 19.1. The second kappa shape index (κ2) is 2.98. The summed E-state index contributed by atoms with van der Waals surface area (Å²) in [6, 6.07) is 6.03. The number of allylic oxidation sites excluding steroid dienone is 4. The van der Waals surface area contributed by atoms with Gasteiger partial charge in [-0.2, -0.15) is 0 Å². The number of carbonyl (C=O) groups is 1. The number of benzene rings is 1. The van der Waals surface area contributed by atoms with Gasteiger partial charge in [0.15, 0.2) is 5.78 Å². The summed E-state index contributed by atoms with van der Waals surface area (Å²) in [5.41, 5.74) is 1.19. The summed E-state index contributed by atoms with van der Waals surface area (Å²) in [6.07, 6.45) is 4.83. The molecule has 0 saturated carbocycles. The van der Waals surface area contributed by atoms with E-state index in [9.17, 15) is 9.18 Å². The molecule has 0 spiro atoms. The van der Waals surface area contributed by atoms with Crippen LogP contribution < -0.4 is 0 Å². The minimum Gasteiger partial charge on any atom is -0.289 e. The van der Waals surface area contributed by atoms with Crippen LogP contribution in [-0.4, -0.2) is 5.78 Å². The molecule has 0 unspecified atom stereocenters. The highest BCUT2D eigenvalue weighted by Gasteiger charge is 2.12. The third kappa shape index (κ3) is 1.43. The van der Waals surface area contributed by atoms with Crippen LogP contribution in [-0.2, 0) is 4.79 Å². The van der Waals surface area contributed by atoms with Crippen LogP contribution in [0.3, 0.4) is 0 Å². The maximum Gasteiger partial charge on any atom is 0.186 e. The third-order valence-corrected chi connectivity index (χ3v) is 1.91. The maximum atomic E-state index is 12.8. The van der Waals surface area contributed by atoms with Gasteiger partial charge in [-0.25, -0.2) is 4.39 Å². The minimum absolute atomic E-state index is 0.0643. The van der Waals surface area contributed by atoms with Gasteiger partial charge in [-0.15, -0.1) is 0 Å². The van der Waals surface area contributed by atoms with Crippen LogP contribution >= 0.6 is 0 Å². The molecule has 0 bridgehead atoms. The van der Waals surface area contributed by atoms with Crippen LogP contribution in [0.1, 0.15) is 5.56 Å². The molecule has 0 N–H and O–H groups in total. The Morgan fingerprint density at radius 3 is 2.69 bits per heavy atom. The van der Waals surface area contributed by atoms with Crippen molar-refractivity contribution >= 4 is 11.4 Å². The standard InChI is InChI=1S/C11H7FO/c12-9-4-1-3-8(7-9)10-5-2-6-11(10)13/h1-7H. The van der Waals surface area contributed by atoms with Gasteiger partial charge in [0.25, 0.3) is 0 Å². The van der Waals surface area contributed by atoms with Gasteiger partial charge in [-0.1, -0.05) is 24.3 Å². The first-order chi connectivity index (χ1) is 6.27. The molecule has 1 nitrogen and oxygen atoms in total. The van der Waals surface area contributed by atoms with Gasteiger partial charge in [-0.3, -0.25) is 4.79 Å². The molecule has 13 heavy (non-hydrogen) atoms. The van der Waals surface area contributed by atoms with Gasteiger partial charge in [0.2, 0.25) is 0 Å². The SMILES string of the molecule is O=C1C=CC=C1c1cccc(F)c1. The highest BCUT2D eigenvalue weighted by Crippen LogP contribution is 2.20. The zero-order valence-electron chi connectivity index (χ0n) is 6.83. The van der Waals surface area contributed by atoms with E-state index >= 15 is 0 Å². The summed E-state index contributed by atoms with van der Waals surface area (Å²) < 4.78 is 12.8. The molecule has 1 aliphatic rings. The largest absolute Gasteiger partial charge is 0.289 e. The molecule has 1 aromatic carbocycles. The molecule has 0 saturated heterocycles. The lowest BCUT2D eigenvalue weighted by atomic mass is 10.0. The van der Waals surface area contributed by atoms with Crippen molar-refractivity contribution in [2.45, 2.75) is 0 Å². The smallest absolute Gasteiger partial charge is 0.186 e. The number of rotatable bonds is 1. The van der Waals surface area contributed by atoms with Crippen molar-refractivity contribution in [3.63, 3.8) is 0 Å². The Bertz CT molecular complexity index is 416. The van der Waals surface area contributed by atoms with Crippen LogP contribution in [0.2, 0.25) is 0 Å². The van der Waals surface area contributed by atoms with E-state index in [1.54, 1.807) is 24.3 Å². The normalized spacial score (nSPS) is 14.8. The van der Waals surface area contributed by atoms with Gasteiger partial charge in [0.1, 0.15) is 5.82 Å². The Labute approximate surface area is 75.2 Å². The lowest BCUT2D eigenvalue weighted by Crippen LogP contribution is -1.93. The molecule has 1 aromatic rings. The Hall–Kier alpha value is -1.70. The van der Waals surface area contributed by atoms with E-state index in [-0.39, 0.29) is 11.6 Å². The summed E-state index contributed by atoms with van der Waals surface area (Å²) in [5, 5.41) is 0. The van der Waals surface area contributed by atoms with Crippen LogP contribution in [0.5, 0.6) is 0 Å². The van der Waals surface area contributed by atoms with Crippen molar-refractivity contribution < 1.29 is 9.18 Å². The Morgan fingerprint density at radius 1 is 1.23 bits per heavy atom. The van der Waals surface area contributed by atoms with Crippen molar-refractivity contribution in [1.82, 2.24) is 0 Å². The Morgan fingerprint density at radius 2 is 2.08 bits per heavy atom. The second-order valence-corrected chi connectivity index (χ2v) is 2.81. The number of halogens is 1. The number of carbonyl (C=O) groups excluding carboxylic acids is 1. The van der Waals surface area contributed by atoms with Gasteiger partial charge in [0, 0.05) is 5.57 Å². The van der Waals surface area contributed by atoms with E-state index in [0.29, 0.717) is 11.1 Å². The molecule has 2 heteroatoms. The van der Waals surface area contributed by atoms with E-state index in [2.05, 4.69) is 0 Å². The van der Waals surface area contributed by atoms with E-state index < -0.39 is 0 Å². The minimum atomic E-state index is -0.321. The Kier molecular flexibility index (Phi) is 1.81. The summed E-state index contributed by atoms with van der Waals surface area (Å²) in [4.78, 5) is 11.2. The van der Waals surface area contributed by atoms with Crippen LogP contribution in [0.15, 0.2) is 42.5 Å². The quantitative estimate of drug-likeness (QED) is 0.638. The number of hydrogen-bond acceptors (Lipinski definition) is 1. The number of hydrogen-bond donors (Lipinski definition) is 0. The van der Waals surface area contributed by atoms with E-state index in [1.165, 1.54) is 18.2 Å². The van der Waals surface area contributed by atoms with Crippen molar-refractivity contribution in [2.75, 3.05) is 0 Å². The molecular formula is C11H7FO. The highest BCUT2D eigenvalue weighted by molar-refractivity contribution is 6.28. The first-order valence-corrected chi connectivity index (χ1v) is 3.96. The van der Waals surface area contributed by atoms with Gasteiger partial charge in [-0.05, 0) is 23.8 Å². The topological polar surface area (TPSA) is 17.1 Å². The summed E-state index contributed by atoms with van der Waals surface area (Å²) in [6.45, 7) is 0. The monoisotopic (exact) mass is 174 g/mol. The van der Waals surface area contributed by atoms with Crippen LogP contribution in [0.4, 0.5) is 4.39 Å².